The Balaban J connectivity index is 2.63. The zero-order chi connectivity index (χ0) is 14.5. The van der Waals surface area contributed by atoms with Crippen LogP contribution in [0.3, 0.4) is 0 Å². The average molecular weight is 263 g/mol. The van der Waals surface area contributed by atoms with Gasteiger partial charge in [-0.25, -0.2) is 0 Å². The monoisotopic (exact) mass is 263 g/mol. The smallest absolute Gasteiger partial charge is 0.313 e. The van der Waals surface area contributed by atoms with Crippen molar-refractivity contribution >= 4 is 17.5 Å². The number of hydrogen-bond donors (Lipinski definition) is 3. The van der Waals surface area contributed by atoms with Crippen LogP contribution < -0.4 is 16.4 Å². The number of benzene rings is 1. The molecule has 1 aromatic rings. The summed E-state index contributed by atoms with van der Waals surface area (Å²) in [6.45, 7) is 6.93. The molecule has 0 saturated carbocycles. The third-order valence-corrected chi connectivity index (χ3v) is 2.64. The maximum atomic E-state index is 11.5. The Bertz CT molecular complexity index is 447. The number of hydrogen-bond acceptors (Lipinski definition) is 3. The second-order valence-electron chi connectivity index (χ2n) is 5.33. The lowest BCUT2D eigenvalue weighted by Gasteiger charge is -2.19. The van der Waals surface area contributed by atoms with Gasteiger partial charge in [0, 0.05) is 18.8 Å². The lowest BCUT2D eigenvalue weighted by atomic mass is 9.87. The van der Waals surface area contributed by atoms with Crippen molar-refractivity contribution < 1.29 is 9.59 Å². The summed E-state index contributed by atoms with van der Waals surface area (Å²) in [5, 5.41) is 4.95. The third kappa shape index (κ3) is 4.71. The first-order chi connectivity index (χ1) is 8.84. The van der Waals surface area contributed by atoms with E-state index in [0.29, 0.717) is 12.2 Å². The highest BCUT2D eigenvalue weighted by molar-refractivity contribution is 6.39. The van der Waals surface area contributed by atoms with Gasteiger partial charge in [-0.1, -0.05) is 32.9 Å². The van der Waals surface area contributed by atoms with E-state index in [1.807, 2.05) is 12.1 Å². The summed E-state index contributed by atoms with van der Waals surface area (Å²) in [6, 6.07) is 7.45. The van der Waals surface area contributed by atoms with E-state index in [0.717, 1.165) is 5.56 Å². The van der Waals surface area contributed by atoms with Crippen LogP contribution in [-0.2, 0) is 15.0 Å². The zero-order valence-electron chi connectivity index (χ0n) is 11.6. The maximum absolute atomic E-state index is 11.5. The van der Waals surface area contributed by atoms with Gasteiger partial charge in [0.1, 0.15) is 0 Å². The molecule has 0 aliphatic heterocycles. The predicted octanol–water partition coefficient (Wildman–Crippen LogP) is 0.998. The number of carbonyl (C=O) groups is 2. The second kappa shape index (κ2) is 6.33. The summed E-state index contributed by atoms with van der Waals surface area (Å²) >= 11 is 0. The van der Waals surface area contributed by atoms with Gasteiger partial charge in [0.15, 0.2) is 0 Å². The van der Waals surface area contributed by atoms with Crippen LogP contribution in [0.2, 0.25) is 0 Å². The first-order valence-corrected chi connectivity index (χ1v) is 6.24. The van der Waals surface area contributed by atoms with Crippen molar-refractivity contribution in [3.05, 3.63) is 29.8 Å². The van der Waals surface area contributed by atoms with Gasteiger partial charge >= 0.3 is 11.8 Å². The van der Waals surface area contributed by atoms with Gasteiger partial charge in [-0.15, -0.1) is 0 Å². The van der Waals surface area contributed by atoms with Crippen LogP contribution in [0.5, 0.6) is 0 Å². The summed E-state index contributed by atoms with van der Waals surface area (Å²) in [6.07, 6.45) is 0. The fourth-order valence-corrected chi connectivity index (χ4v) is 1.51. The molecule has 0 atom stereocenters. The average Bonchev–Trinajstić information content (AvgIpc) is 2.35. The molecule has 0 unspecified atom stereocenters. The van der Waals surface area contributed by atoms with Crippen molar-refractivity contribution in [2.75, 3.05) is 18.4 Å². The fourth-order valence-electron chi connectivity index (χ4n) is 1.51. The SMILES string of the molecule is CC(C)(C)c1ccc(NC(=O)C(=O)NCCN)cc1. The van der Waals surface area contributed by atoms with E-state index in [1.54, 1.807) is 12.1 Å². The molecule has 0 aromatic heterocycles. The van der Waals surface area contributed by atoms with Crippen LogP contribution in [0.1, 0.15) is 26.3 Å². The Morgan fingerprint density at radius 3 is 2.16 bits per heavy atom. The summed E-state index contributed by atoms with van der Waals surface area (Å²) < 4.78 is 0. The zero-order valence-corrected chi connectivity index (χ0v) is 11.6. The van der Waals surface area contributed by atoms with E-state index < -0.39 is 11.8 Å². The van der Waals surface area contributed by atoms with Crippen LogP contribution in [0, 0.1) is 0 Å². The molecule has 0 radical (unpaired) electrons. The molecule has 0 saturated heterocycles. The molecule has 4 N–H and O–H groups in total. The summed E-state index contributed by atoms with van der Waals surface area (Å²) in [5.41, 5.74) is 7.06. The van der Waals surface area contributed by atoms with Crippen molar-refractivity contribution in [2.24, 2.45) is 5.73 Å². The minimum Gasteiger partial charge on any atom is -0.347 e. The molecule has 1 rings (SSSR count). The fraction of sp³-hybridized carbons (Fsp3) is 0.429. The topological polar surface area (TPSA) is 84.2 Å². The molecule has 0 fully saturated rings. The van der Waals surface area contributed by atoms with Gasteiger partial charge in [-0.05, 0) is 23.1 Å². The maximum Gasteiger partial charge on any atom is 0.313 e. The Morgan fingerprint density at radius 2 is 1.68 bits per heavy atom. The number of amides is 2. The third-order valence-electron chi connectivity index (χ3n) is 2.64. The Kier molecular flexibility index (Phi) is 5.06. The van der Waals surface area contributed by atoms with Crippen LogP contribution in [-0.4, -0.2) is 24.9 Å². The Labute approximate surface area is 113 Å². The molecule has 1 aromatic carbocycles. The van der Waals surface area contributed by atoms with Crippen LogP contribution in [0.4, 0.5) is 5.69 Å². The summed E-state index contributed by atoms with van der Waals surface area (Å²) in [5.74, 6) is -1.36. The first kappa shape index (κ1) is 15.2. The molecule has 2 amide bonds. The van der Waals surface area contributed by atoms with Crippen molar-refractivity contribution in [2.45, 2.75) is 26.2 Å². The minimum atomic E-state index is -0.683. The van der Waals surface area contributed by atoms with Crippen LogP contribution in [0.25, 0.3) is 0 Å². The van der Waals surface area contributed by atoms with Crippen LogP contribution >= 0.6 is 0 Å². The molecule has 104 valence electrons. The molecule has 5 heteroatoms. The number of anilines is 1. The van der Waals surface area contributed by atoms with Crippen molar-refractivity contribution in [3.8, 4) is 0 Å². The van der Waals surface area contributed by atoms with Crippen molar-refractivity contribution in [1.29, 1.82) is 0 Å². The number of rotatable bonds is 3. The summed E-state index contributed by atoms with van der Waals surface area (Å²) in [7, 11) is 0. The second-order valence-corrected chi connectivity index (χ2v) is 5.33. The van der Waals surface area contributed by atoms with Gasteiger partial charge in [0.2, 0.25) is 0 Å². The Morgan fingerprint density at radius 1 is 1.11 bits per heavy atom. The number of nitrogens with two attached hydrogens (primary N) is 1. The van der Waals surface area contributed by atoms with E-state index in [2.05, 4.69) is 31.4 Å². The van der Waals surface area contributed by atoms with Gasteiger partial charge in [0.25, 0.3) is 0 Å². The Hall–Kier alpha value is -1.88. The molecular formula is C14H21N3O2. The van der Waals surface area contributed by atoms with Crippen molar-refractivity contribution in [3.63, 3.8) is 0 Å². The van der Waals surface area contributed by atoms with Gasteiger partial charge in [-0.3, -0.25) is 9.59 Å². The van der Waals surface area contributed by atoms with E-state index in [1.165, 1.54) is 0 Å². The number of carbonyl (C=O) groups excluding carboxylic acids is 2. The first-order valence-electron chi connectivity index (χ1n) is 6.24. The minimum absolute atomic E-state index is 0.0566. The largest absolute Gasteiger partial charge is 0.347 e. The highest BCUT2D eigenvalue weighted by Crippen LogP contribution is 2.23. The highest BCUT2D eigenvalue weighted by Gasteiger charge is 2.15. The molecule has 19 heavy (non-hydrogen) atoms. The molecule has 0 bridgehead atoms. The molecule has 0 aliphatic rings. The molecule has 0 heterocycles. The standard InChI is InChI=1S/C14H21N3O2/c1-14(2,3)10-4-6-11(7-5-10)17-13(19)12(18)16-9-8-15/h4-7H,8-9,15H2,1-3H3,(H,16,18)(H,17,19). The summed E-state index contributed by atoms with van der Waals surface area (Å²) in [4.78, 5) is 22.9. The van der Waals surface area contributed by atoms with Gasteiger partial charge < -0.3 is 16.4 Å². The highest BCUT2D eigenvalue weighted by atomic mass is 16.2. The molecule has 0 aliphatic carbocycles. The lowest BCUT2D eigenvalue weighted by molar-refractivity contribution is -0.136. The van der Waals surface area contributed by atoms with Crippen LogP contribution in [0.15, 0.2) is 24.3 Å². The van der Waals surface area contributed by atoms with Gasteiger partial charge in [0.05, 0.1) is 0 Å². The lowest BCUT2D eigenvalue weighted by Crippen LogP contribution is -2.37. The van der Waals surface area contributed by atoms with E-state index in [4.69, 9.17) is 5.73 Å². The predicted molar refractivity (Wildman–Crippen MR) is 75.8 cm³/mol. The van der Waals surface area contributed by atoms with E-state index in [9.17, 15) is 9.59 Å². The molecule has 5 nitrogen and oxygen atoms in total. The molecule has 0 spiro atoms. The van der Waals surface area contributed by atoms with E-state index >= 15 is 0 Å². The molecular weight excluding hydrogens is 242 g/mol. The number of nitrogens with one attached hydrogen (secondary N) is 2. The van der Waals surface area contributed by atoms with E-state index in [-0.39, 0.29) is 12.0 Å². The normalized spacial score (nSPS) is 10.9. The quantitative estimate of drug-likeness (QED) is 0.711. The van der Waals surface area contributed by atoms with Crippen molar-refractivity contribution in [1.82, 2.24) is 5.32 Å². The van der Waals surface area contributed by atoms with Gasteiger partial charge in [-0.2, -0.15) is 0 Å².